The van der Waals surface area contributed by atoms with Gasteiger partial charge in [0.05, 0.1) is 0 Å². The van der Waals surface area contributed by atoms with Crippen LogP contribution in [0.1, 0.15) is 13.3 Å². The Morgan fingerprint density at radius 1 is 1.40 bits per heavy atom. The topological polar surface area (TPSA) is 112 Å². The van der Waals surface area contributed by atoms with Gasteiger partial charge < -0.3 is 10.0 Å². The quantitative estimate of drug-likeness (QED) is 0.727. The van der Waals surface area contributed by atoms with E-state index in [1.165, 1.54) is 4.90 Å². The summed E-state index contributed by atoms with van der Waals surface area (Å²) in [7, 11) is 0. The highest BCUT2D eigenvalue weighted by Gasteiger charge is 2.39. The fraction of sp³-hybridized carbons (Fsp3) is 0.500. The van der Waals surface area contributed by atoms with Crippen LogP contribution in [0.2, 0.25) is 0 Å². The maximum absolute atomic E-state index is 12.1. The standard InChI is InChI=1S/C12H15N3O5/c1-7-4-5-14(11(7)12(19)20)10(18)6-15-9(17)3-2-8(16)13-15/h2-3,7,11H,4-6H2,1H3,(H,13,16)(H,19,20). The number of H-pyrrole nitrogens is 1. The predicted octanol–water partition coefficient (Wildman–Crippen LogP) is -1.14. The molecule has 0 aliphatic carbocycles. The van der Waals surface area contributed by atoms with E-state index >= 15 is 0 Å². The molecular formula is C12H15N3O5. The van der Waals surface area contributed by atoms with Gasteiger partial charge in [-0.25, -0.2) is 9.48 Å². The first-order chi connectivity index (χ1) is 9.40. The predicted molar refractivity (Wildman–Crippen MR) is 68.2 cm³/mol. The van der Waals surface area contributed by atoms with E-state index in [0.717, 1.165) is 16.8 Å². The van der Waals surface area contributed by atoms with Gasteiger partial charge in [-0.05, 0) is 12.3 Å². The average molecular weight is 281 g/mol. The number of carboxylic acid groups (broad SMARTS) is 1. The number of nitrogens with one attached hydrogen (secondary N) is 1. The lowest BCUT2D eigenvalue weighted by Gasteiger charge is -2.23. The molecule has 0 aromatic carbocycles. The molecule has 1 amide bonds. The average Bonchev–Trinajstić information content (AvgIpc) is 2.76. The highest BCUT2D eigenvalue weighted by molar-refractivity contribution is 5.84. The summed E-state index contributed by atoms with van der Waals surface area (Å²) >= 11 is 0. The van der Waals surface area contributed by atoms with Crippen LogP contribution in [0.4, 0.5) is 0 Å². The number of likely N-dealkylation sites (tertiary alicyclic amines) is 1. The van der Waals surface area contributed by atoms with Crippen LogP contribution in [-0.4, -0.2) is 44.3 Å². The van der Waals surface area contributed by atoms with Crippen LogP contribution >= 0.6 is 0 Å². The molecule has 0 radical (unpaired) electrons. The van der Waals surface area contributed by atoms with Gasteiger partial charge in [-0.15, -0.1) is 0 Å². The minimum Gasteiger partial charge on any atom is -0.480 e. The number of hydrogen-bond acceptors (Lipinski definition) is 4. The SMILES string of the molecule is CC1CCN(C(=O)Cn2[nH]c(=O)ccc2=O)C1C(=O)O. The largest absolute Gasteiger partial charge is 0.480 e. The van der Waals surface area contributed by atoms with E-state index in [0.29, 0.717) is 13.0 Å². The van der Waals surface area contributed by atoms with Gasteiger partial charge in [-0.3, -0.25) is 19.5 Å². The summed E-state index contributed by atoms with van der Waals surface area (Å²) in [5.41, 5.74) is -1.01. The Morgan fingerprint density at radius 2 is 2.10 bits per heavy atom. The van der Waals surface area contributed by atoms with Gasteiger partial charge in [-0.2, -0.15) is 0 Å². The number of carbonyl (C=O) groups excluding carboxylic acids is 1. The molecule has 8 nitrogen and oxygen atoms in total. The van der Waals surface area contributed by atoms with Crippen LogP contribution < -0.4 is 11.1 Å². The Kier molecular flexibility index (Phi) is 3.73. The van der Waals surface area contributed by atoms with Crippen molar-refractivity contribution in [3.63, 3.8) is 0 Å². The summed E-state index contributed by atoms with van der Waals surface area (Å²) in [6, 6.07) is 1.25. The van der Waals surface area contributed by atoms with Gasteiger partial charge in [0.1, 0.15) is 12.6 Å². The molecule has 2 atom stereocenters. The second kappa shape index (κ2) is 5.32. The number of amides is 1. The second-order valence-corrected chi connectivity index (χ2v) is 4.87. The number of aliphatic carboxylic acids is 1. The highest BCUT2D eigenvalue weighted by atomic mass is 16.4. The first-order valence-electron chi connectivity index (χ1n) is 6.22. The number of nitrogens with zero attached hydrogens (tertiary/aromatic N) is 2. The molecule has 1 fully saturated rings. The molecule has 1 aliphatic heterocycles. The minimum atomic E-state index is -1.06. The highest BCUT2D eigenvalue weighted by Crippen LogP contribution is 2.24. The maximum atomic E-state index is 12.1. The number of carboxylic acids is 1. The van der Waals surface area contributed by atoms with Crippen LogP contribution in [0.25, 0.3) is 0 Å². The zero-order valence-electron chi connectivity index (χ0n) is 10.9. The van der Waals surface area contributed by atoms with Crippen molar-refractivity contribution >= 4 is 11.9 Å². The smallest absolute Gasteiger partial charge is 0.326 e. The molecule has 8 heteroatoms. The van der Waals surface area contributed by atoms with E-state index in [1.54, 1.807) is 6.92 Å². The zero-order valence-corrected chi connectivity index (χ0v) is 10.9. The molecule has 1 saturated heterocycles. The van der Waals surface area contributed by atoms with Crippen molar-refractivity contribution in [1.82, 2.24) is 14.7 Å². The molecule has 20 heavy (non-hydrogen) atoms. The monoisotopic (exact) mass is 281 g/mol. The van der Waals surface area contributed by atoms with Crippen LogP contribution in [0.15, 0.2) is 21.7 Å². The molecular weight excluding hydrogens is 266 g/mol. The molecule has 2 heterocycles. The van der Waals surface area contributed by atoms with E-state index in [1.807, 2.05) is 0 Å². The molecule has 2 N–H and O–H groups in total. The first kappa shape index (κ1) is 14.0. The Bertz CT molecular complexity index is 647. The van der Waals surface area contributed by atoms with Crippen molar-refractivity contribution < 1.29 is 14.7 Å². The maximum Gasteiger partial charge on any atom is 0.326 e. The summed E-state index contributed by atoms with van der Waals surface area (Å²) in [5.74, 6) is -1.69. The van der Waals surface area contributed by atoms with Crippen molar-refractivity contribution in [3.8, 4) is 0 Å². The first-order valence-corrected chi connectivity index (χ1v) is 6.22. The lowest BCUT2D eigenvalue weighted by atomic mass is 10.0. The summed E-state index contributed by atoms with van der Waals surface area (Å²) in [6.45, 7) is 1.73. The zero-order chi connectivity index (χ0) is 14.9. The minimum absolute atomic E-state index is 0.136. The van der Waals surface area contributed by atoms with Gasteiger partial charge in [0.25, 0.3) is 11.1 Å². The van der Waals surface area contributed by atoms with Crippen LogP contribution in [0, 0.1) is 5.92 Å². The number of rotatable bonds is 3. The summed E-state index contributed by atoms with van der Waals surface area (Å²) in [6.07, 6.45) is 0.600. The van der Waals surface area contributed by atoms with Gasteiger partial charge in [0.15, 0.2) is 0 Å². The third-order valence-corrected chi connectivity index (χ3v) is 3.46. The van der Waals surface area contributed by atoms with Crippen LogP contribution in [0.3, 0.4) is 0 Å². The number of carbonyl (C=O) groups is 2. The van der Waals surface area contributed by atoms with Crippen molar-refractivity contribution in [3.05, 3.63) is 32.8 Å². The fourth-order valence-corrected chi connectivity index (χ4v) is 2.41. The lowest BCUT2D eigenvalue weighted by Crippen LogP contribution is -2.45. The third-order valence-electron chi connectivity index (χ3n) is 3.46. The van der Waals surface area contributed by atoms with Crippen molar-refractivity contribution in [2.75, 3.05) is 6.54 Å². The van der Waals surface area contributed by atoms with Crippen molar-refractivity contribution in [1.29, 1.82) is 0 Å². The van der Waals surface area contributed by atoms with Gasteiger partial charge >= 0.3 is 5.97 Å². The Morgan fingerprint density at radius 3 is 2.75 bits per heavy atom. The van der Waals surface area contributed by atoms with Crippen molar-refractivity contribution in [2.45, 2.75) is 25.9 Å². The lowest BCUT2D eigenvalue weighted by molar-refractivity contribution is -0.149. The summed E-state index contributed by atoms with van der Waals surface area (Å²) < 4.78 is 0.882. The normalized spacial score (nSPS) is 21.9. The fourth-order valence-electron chi connectivity index (χ4n) is 2.41. The Balaban J connectivity index is 2.20. The molecule has 1 aromatic rings. The summed E-state index contributed by atoms with van der Waals surface area (Å²) in [4.78, 5) is 47.2. The Hall–Kier alpha value is -2.38. The van der Waals surface area contributed by atoms with E-state index in [2.05, 4.69) is 5.10 Å². The number of hydrogen-bond donors (Lipinski definition) is 2. The molecule has 1 aromatic heterocycles. The van der Waals surface area contributed by atoms with Crippen molar-refractivity contribution in [2.24, 2.45) is 5.92 Å². The van der Waals surface area contributed by atoms with E-state index < -0.39 is 29.0 Å². The second-order valence-electron chi connectivity index (χ2n) is 4.87. The molecule has 2 rings (SSSR count). The molecule has 0 spiro atoms. The molecule has 0 saturated carbocycles. The van der Waals surface area contributed by atoms with Gasteiger partial charge in [-0.1, -0.05) is 6.92 Å². The third kappa shape index (κ3) is 2.63. The van der Waals surface area contributed by atoms with E-state index in [9.17, 15) is 19.2 Å². The molecule has 0 bridgehead atoms. The number of aromatic amines is 1. The van der Waals surface area contributed by atoms with Crippen LogP contribution in [0.5, 0.6) is 0 Å². The van der Waals surface area contributed by atoms with Gasteiger partial charge in [0.2, 0.25) is 5.91 Å². The Labute approximate surface area is 113 Å². The molecule has 2 unspecified atom stereocenters. The number of aromatic nitrogens is 2. The van der Waals surface area contributed by atoms with Crippen LogP contribution in [-0.2, 0) is 16.1 Å². The molecule has 108 valence electrons. The molecule has 1 aliphatic rings. The van der Waals surface area contributed by atoms with E-state index in [-0.39, 0.29) is 12.5 Å². The summed E-state index contributed by atoms with van der Waals surface area (Å²) in [5, 5.41) is 11.4. The van der Waals surface area contributed by atoms with E-state index in [4.69, 9.17) is 5.11 Å². The van der Waals surface area contributed by atoms with Gasteiger partial charge in [0, 0.05) is 18.7 Å².